The van der Waals surface area contributed by atoms with Crippen LogP contribution in [0.1, 0.15) is 38.2 Å². The van der Waals surface area contributed by atoms with Gasteiger partial charge in [0.25, 0.3) is 0 Å². The Kier molecular flexibility index (Phi) is 6.14. The molecule has 0 amide bonds. The van der Waals surface area contributed by atoms with Gasteiger partial charge in [0.05, 0.1) is 6.61 Å². The van der Waals surface area contributed by atoms with Gasteiger partial charge in [0, 0.05) is 12.2 Å². The third kappa shape index (κ3) is 4.82. The van der Waals surface area contributed by atoms with Crippen molar-refractivity contribution in [1.82, 2.24) is 0 Å². The van der Waals surface area contributed by atoms with Crippen LogP contribution in [-0.2, 0) is 0 Å². The van der Waals surface area contributed by atoms with Gasteiger partial charge in [-0.2, -0.15) is 0 Å². The standard InChI is InChI=1S/C19H25NO/c1-3-16(2)18-12-7-8-13-19(18)21-15-9-14-20-17-10-5-4-6-11-17/h4-8,10-13,16,20H,3,9,14-15H2,1-2H3. The molecule has 0 aliphatic heterocycles. The Hall–Kier alpha value is -1.96. The van der Waals surface area contributed by atoms with E-state index in [9.17, 15) is 0 Å². The third-order valence-electron chi connectivity index (χ3n) is 3.74. The zero-order valence-corrected chi connectivity index (χ0v) is 13.0. The molecule has 0 saturated carbocycles. The van der Waals surface area contributed by atoms with Crippen LogP contribution in [0.15, 0.2) is 54.6 Å². The second-order valence-electron chi connectivity index (χ2n) is 5.34. The van der Waals surface area contributed by atoms with Crippen molar-refractivity contribution in [2.24, 2.45) is 0 Å². The minimum Gasteiger partial charge on any atom is -0.493 e. The molecule has 0 spiro atoms. The molecule has 1 atom stereocenters. The molecule has 21 heavy (non-hydrogen) atoms. The van der Waals surface area contributed by atoms with Gasteiger partial charge in [-0.3, -0.25) is 0 Å². The van der Waals surface area contributed by atoms with Crippen molar-refractivity contribution >= 4 is 5.69 Å². The van der Waals surface area contributed by atoms with E-state index in [0.717, 1.165) is 37.4 Å². The van der Waals surface area contributed by atoms with Crippen LogP contribution in [0, 0.1) is 0 Å². The van der Waals surface area contributed by atoms with Crippen LogP contribution in [0.4, 0.5) is 5.69 Å². The van der Waals surface area contributed by atoms with Gasteiger partial charge in [-0.15, -0.1) is 0 Å². The highest BCUT2D eigenvalue weighted by Gasteiger charge is 2.08. The van der Waals surface area contributed by atoms with Crippen LogP contribution in [0.2, 0.25) is 0 Å². The quantitative estimate of drug-likeness (QED) is 0.682. The lowest BCUT2D eigenvalue weighted by atomic mass is 9.98. The van der Waals surface area contributed by atoms with Gasteiger partial charge < -0.3 is 10.1 Å². The second-order valence-corrected chi connectivity index (χ2v) is 5.34. The minimum absolute atomic E-state index is 0.545. The maximum Gasteiger partial charge on any atom is 0.122 e. The van der Waals surface area contributed by atoms with Gasteiger partial charge in [-0.1, -0.05) is 50.2 Å². The summed E-state index contributed by atoms with van der Waals surface area (Å²) >= 11 is 0. The van der Waals surface area contributed by atoms with Crippen molar-refractivity contribution in [2.75, 3.05) is 18.5 Å². The summed E-state index contributed by atoms with van der Waals surface area (Å²) in [5.74, 6) is 1.58. The molecule has 2 aromatic carbocycles. The summed E-state index contributed by atoms with van der Waals surface area (Å²) in [7, 11) is 0. The van der Waals surface area contributed by atoms with Crippen LogP contribution in [0.3, 0.4) is 0 Å². The van der Waals surface area contributed by atoms with Gasteiger partial charge in [0.15, 0.2) is 0 Å². The zero-order valence-electron chi connectivity index (χ0n) is 13.0. The average molecular weight is 283 g/mol. The lowest BCUT2D eigenvalue weighted by Crippen LogP contribution is -2.08. The summed E-state index contributed by atoms with van der Waals surface area (Å²) in [5, 5.41) is 3.40. The molecular formula is C19H25NO. The number of nitrogens with one attached hydrogen (secondary N) is 1. The first kappa shape index (κ1) is 15.4. The molecule has 0 heterocycles. The van der Waals surface area contributed by atoms with E-state index in [0.29, 0.717) is 5.92 Å². The Labute approximate surface area is 128 Å². The molecular weight excluding hydrogens is 258 g/mol. The highest BCUT2D eigenvalue weighted by molar-refractivity contribution is 5.42. The van der Waals surface area contributed by atoms with Crippen LogP contribution >= 0.6 is 0 Å². The van der Waals surface area contributed by atoms with Gasteiger partial charge in [-0.05, 0) is 42.5 Å². The van der Waals surface area contributed by atoms with E-state index in [1.165, 1.54) is 5.56 Å². The van der Waals surface area contributed by atoms with E-state index in [2.05, 4.69) is 49.5 Å². The Morgan fingerprint density at radius 1 is 1.00 bits per heavy atom. The van der Waals surface area contributed by atoms with Gasteiger partial charge in [0.2, 0.25) is 0 Å². The first-order valence-corrected chi connectivity index (χ1v) is 7.82. The van der Waals surface area contributed by atoms with E-state index in [1.807, 2.05) is 24.3 Å². The molecule has 0 aromatic heterocycles. The predicted octanol–water partition coefficient (Wildman–Crippen LogP) is 5.08. The Morgan fingerprint density at radius 2 is 1.71 bits per heavy atom. The maximum atomic E-state index is 5.96. The molecule has 0 aliphatic carbocycles. The Morgan fingerprint density at radius 3 is 2.48 bits per heavy atom. The predicted molar refractivity (Wildman–Crippen MR) is 90.2 cm³/mol. The molecule has 0 fully saturated rings. The van der Waals surface area contributed by atoms with E-state index in [4.69, 9.17) is 4.74 Å². The highest BCUT2D eigenvalue weighted by Crippen LogP contribution is 2.28. The summed E-state index contributed by atoms with van der Waals surface area (Å²) < 4.78 is 5.96. The fourth-order valence-electron chi connectivity index (χ4n) is 2.28. The topological polar surface area (TPSA) is 21.3 Å². The van der Waals surface area contributed by atoms with Crippen molar-refractivity contribution in [3.05, 3.63) is 60.2 Å². The van der Waals surface area contributed by atoms with Gasteiger partial charge in [0.1, 0.15) is 5.75 Å². The van der Waals surface area contributed by atoms with Gasteiger partial charge >= 0.3 is 0 Å². The SMILES string of the molecule is CCC(C)c1ccccc1OCCCNc1ccccc1. The number of para-hydroxylation sites is 2. The van der Waals surface area contributed by atoms with Crippen molar-refractivity contribution in [3.63, 3.8) is 0 Å². The molecule has 2 nitrogen and oxygen atoms in total. The van der Waals surface area contributed by atoms with Crippen LogP contribution in [-0.4, -0.2) is 13.2 Å². The highest BCUT2D eigenvalue weighted by atomic mass is 16.5. The number of rotatable bonds is 8. The van der Waals surface area contributed by atoms with E-state index < -0.39 is 0 Å². The fraction of sp³-hybridized carbons (Fsp3) is 0.368. The van der Waals surface area contributed by atoms with Crippen LogP contribution in [0.25, 0.3) is 0 Å². The monoisotopic (exact) mass is 283 g/mol. The largest absolute Gasteiger partial charge is 0.493 e. The molecule has 0 bridgehead atoms. The number of hydrogen-bond acceptors (Lipinski definition) is 2. The van der Waals surface area contributed by atoms with Crippen molar-refractivity contribution in [2.45, 2.75) is 32.6 Å². The Balaban J connectivity index is 1.76. The van der Waals surface area contributed by atoms with Crippen LogP contribution < -0.4 is 10.1 Å². The van der Waals surface area contributed by atoms with Gasteiger partial charge in [-0.25, -0.2) is 0 Å². The molecule has 0 radical (unpaired) electrons. The van der Waals surface area contributed by atoms with Crippen LogP contribution in [0.5, 0.6) is 5.75 Å². The molecule has 0 saturated heterocycles. The summed E-state index contributed by atoms with van der Waals surface area (Å²) in [5.41, 5.74) is 2.48. The normalized spacial score (nSPS) is 11.9. The molecule has 2 rings (SSSR count). The smallest absolute Gasteiger partial charge is 0.122 e. The summed E-state index contributed by atoms with van der Waals surface area (Å²) in [6.45, 7) is 6.13. The summed E-state index contributed by atoms with van der Waals surface area (Å²) in [6, 6.07) is 18.7. The molecule has 112 valence electrons. The molecule has 1 N–H and O–H groups in total. The van der Waals surface area contributed by atoms with E-state index >= 15 is 0 Å². The van der Waals surface area contributed by atoms with E-state index in [-0.39, 0.29) is 0 Å². The van der Waals surface area contributed by atoms with Crippen molar-refractivity contribution < 1.29 is 4.74 Å². The molecule has 0 aliphatic rings. The lowest BCUT2D eigenvalue weighted by Gasteiger charge is -2.15. The zero-order chi connectivity index (χ0) is 14.9. The Bertz CT molecular complexity index is 524. The van der Waals surface area contributed by atoms with E-state index in [1.54, 1.807) is 0 Å². The molecule has 1 unspecified atom stereocenters. The van der Waals surface area contributed by atoms with Crippen molar-refractivity contribution in [3.8, 4) is 5.75 Å². The second kappa shape index (κ2) is 8.35. The van der Waals surface area contributed by atoms with Crippen molar-refractivity contribution in [1.29, 1.82) is 0 Å². The third-order valence-corrected chi connectivity index (χ3v) is 3.74. The maximum absolute atomic E-state index is 5.96. The molecule has 2 heteroatoms. The number of benzene rings is 2. The minimum atomic E-state index is 0.545. The fourth-order valence-corrected chi connectivity index (χ4v) is 2.28. The number of ether oxygens (including phenoxy) is 1. The summed E-state index contributed by atoms with van der Waals surface area (Å²) in [6.07, 6.45) is 2.12. The first-order valence-electron chi connectivity index (χ1n) is 7.82. The molecule has 2 aromatic rings. The number of hydrogen-bond donors (Lipinski definition) is 1. The average Bonchev–Trinajstić information content (AvgIpc) is 2.55. The summed E-state index contributed by atoms with van der Waals surface area (Å²) in [4.78, 5) is 0. The first-order chi connectivity index (χ1) is 10.3. The number of anilines is 1. The lowest BCUT2D eigenvalue weighted by molar-refractivity contribution is 0.310.